The third-order valence-corrected chi connectivity index (χ3v) is 4.40. The van der Waals surface area contributed by atoms with Gasteiger partial charge in [0.05, 0.1) is 5.02 Å². The number of nitrogens with one attached hydrogen (secondary N) is 2. The van der Waals surface area contributed by atoms with Gasteiger partial charge in [-0.2, -0.15) is 0 Å². The molecule has 2 rings (SSSR count). The highest BCUT2D eigenvalue weighted by Crippen LogP contribution is 2.27. The molecule has 0 bridgehead atoms. The highest BCUT2D eigenvalue weighted by atomic mass is 35.5. The molecule has 0 spiro atoms. The van der Waals surface area contributed by atoms with E-state index in [-0.39, 0.29) is 17.9 Å². The van der Waals surface area contributed by atoms with Crippen LogP contribution in [0.5, 0.6) is 0 Å². The van der Waals surface area contributed by atoms with Gasteiger partial charge in [0, 0.05) is 19.0 Å². The molecule has 1 saturated heterocycles. The first-order chi connectivity index (χ1) is 8.08. The molecular formula is C11H13ClN2O2S. The maximum Gasteiger partial charge on any atom is 0.263 e. The Balaban J connectivity index is 1.98. The van der Waals surface area contributed by atoms with E-state index in [1.54, 1.807) is 0 Å². The fourth-order valence-electron chi connectivity index (χ4n) is 1.69. The third-order valence-electron chi connectivity index (χ3n) is 2.71. The van der Waals surface area contributed by atoms with Crippen LogP contribution in [0.25, 0.3) is 0 Å². The van der Waals surface area contributed by atoms with Crippen molar-refractivity contribution in [2.24, 2.45) is 0 Å². The van der Waals surface area contributed by atoms with E-state index in [1.807, 2.05) is 12.3 Å². The van der Waals surface area contributed by atoms with Crippen LogP contribution in [0.4, 0.5) is 0 Å². The molecule has 6 heteroatoms. The van der Waals surface area contributed by atoms with E-state index in [0.717, 1.165) is 5.56 Å². The first-order valence-corrected chi connectivity index (χ1v) is 6.65. The number of carbonyl (C=O) groups excluding carboxylic acids is 2. The fraction of sp³-hybridized carbons (Fsp3) is 0.455. The van der Waals surface area contributed by atoms with Crippen LogP contribution in [0.1, 0.15) is 28.1 Å². The molecule has 1 aliphatic heterocycles. The zero-order chi connectivity index (χ0) is 12.4. The Morgan fingerprint density at radius 1 is 1.65 bits per heavy atom. The monoisotopic (exact) mass is 272 g/mol. The molecule has 0 saturated carbocycles. The maximum absolute atomic E-state index is 11.9. The smallest absolute Gasteiger partial charge is 0.263 e. The Morgan fingerprint density at radius 2 is 2.41 bits per heavy atom. The van der Waals surface area contributed by atoms with Crippen LogP contribution in [0.15, 0.2) is 5.38 Å². The van der Waals surface area contributed by atoms with E-state index in [0.29, 0.717) is 29.3 Å². The summed E-state index contributed by atoms with van der Waals surface area (Å²) in [4.78, 5) is 23.5. The van der Waals surface area contributed by atoms with Crippen molar-refractivity contribution in [3.8, 4) is 0 Å². The maximum atomic E-state index is 11.9. The summed E-state index contributed by atoms with van der Waals surface area (Å²) in [6.45, 7) is 2.36. The summed E-state index contributed by atoms with van der Waals surface area (Å²) in [5.74, 6) is -0.116. The molecule has 2 N–H and O–H groups in total. The van der Waals surface area contributed by atoms with Gasteiger partial charge in [-0.05, 0) is 24.3 Å². The molecule has 0 aromatic carbocycles. The topological polar surface area (TPSA) is 58.2 Å². The quantitative estimate of drug-likeness (QED) is 0.861. The first kappa shape index (κ1) is 12.4. The van der Waals surface area contributed by atoms with Gasteiger partial charge in [0.25, 0.3) is 5.91 Å². The zero-order valence-corrected chi connectivity index (χ0v) is 11.0. The van der Waals surface area contributed by atoms with Crippen LogP contribution < -0.4 is 10.6 Å². The first-order valence-electron chi connectivity index (χ1n) is 5.39. The molecule has 2 heterocycles. The van der Waals surface area contributed by atoms with Gasteiger partial charge in [-0.3, -0.25) is 9.59 Å². The second kappa shape index (κ2) is 5.06. The van der Waals surface area contributed by atoms with Gasteiger partial charge in [-0.1, -0.05) is 11.6 Å². The minimum atomic E-state index is -0.158. The summed E-state index contributed by atoms with van der Waals surface area (Å²) in [5, 5.41) is 7.99. The number of hydrogen-bond donors (Lipinski definition) is 2. The Labute approximate surface area is 108 Å². The van der Waals surface area contributed by atoms with E-state index in [2.05, 4.69) is 10.6 Å². The van der Waals surface area contributed by atoms with E-state index in [9.17, 15) is 9.59 Å². The van der Waals surface area contributed by atoms with Crippen LogP contribution in [-0.2, 0) is 4.79 Å². The van der Waals surface area contributed by atoms with Gasteiger partial charge in [-0.25, -0.2) is 0 Å². The van der Waals surface area contributed by atoms with Crippen LogP contribution in [0.2, 0.25) is 5.02 Å². The number of piperidine rings is 1. The molecule has 1 unspecified atom stereocenters. The molecule has 1 aliphatic rings. The lowest BCUT2D eigenvalue weighted by Gasteiger charge is -2.23. The molecule has 1 aromatic rings. The number of hydrogen-bond acceptors (Lipinski definition) is 3. The summed E-state index contributed by atoms with van der Waals surface area (Å²) < 4.78 is 0. The molecule has 1 aromatic heterocycles. The van der Waals surface area contributed by atoms with E-state index in [1.165, 1.54) is 11.3 Å². The van der Waals surface area contributed by atoms with E-state index >= 15 is 0 Å². The second-order valence-corrected chi connectivity index (χ2v) is 5.33. The molecule has 0 radical (unpaired) electrons. The molecule has 1 fully saturated rings. The van der Waals surface area contributed by atoms with Crippen molar-refractivity contribution in [2.75, 3.05) is 6.54 Å². The lowest BCUT2D eigenvalue weighted by atomic mass is 10.1. The van der Waals surface area contributed by atoms with E-state index < -0.39 is 0 Å². The van der Waals surface area contributed by atoms with Gasteiger partial charge in [0.1, 0.15) is 4.88 Å². The number of amides is 2. The zero-order valence-electron chi connectivity index (χ0n) is 9.38. The summed E-state index contributed by atoms with van der Waals surface area (Å²) in [7, 11) is 0. The average Bonchev–Trinajstić information content (AvgIpc) is 2.63. The summed E-state index contributed by atoms with van der Waals surface area (Å²) >= 11 is 7.37. The predicted octanol–water partition coefficient (Wildman–Crippen LogP) is 1.72. The highest BCUT2D eigenvalue weighted by Gasteiger charge is 2.22. The van der Waals surface area contributed by atoms with Gasteiger partial charge in [0.2, 0.25) is 5.91 Å². The van der Waals surface area contributed by atoms with Gasteiger partial charge >= 0.3 is 0 Å². The molecule has 92 valence electrons. The molecule has 0 aliphatic carbocycles. The normalized spacial score (nSPS) is 19.9. The number of aryl methyl sites for hydroxylation is 1. The molecule has 4 nitrogen and oxygen atoms in total. The SMILES string of the molecule is Cc1csc(C(=O)NC2CCC(=O)NC2)c1Cl. The third kappa shape index (κ3) is 2.79. The van der Waals surface area contributed by atoms with E-state index in [4.69, 9.17) is 11.6 Å². The molecule has 1 atom stereocenters. The predicted molar refractivity (Wildman–Crippen MR) is 67.6 cm³/mol. The number of rotatable bonds is 2. The summed E-state index contributed by atoms with van der Waals surface area (Å²) in [6, 6.07) is -0.00123. The number of carbonyl (C=O) groups is 2. The van der Waals surface area contributed by atoms with Gasteiger partial charge in [0.15, 0.2) is 0 Å². The van der Waals surface area contributed by atoms with Crippen molar-refractivity contribution >= 4 is 34.8 Å². The van der Waals surface area contributed by atoms with Gasteiger partial charge < -0.3 is 10.6 Å². The van der Waals surface area contributed by atoms with Crippen LogP contribution in [-0.4, -0.2) is 24.4 Å². The largest absolute Gasteiger partial charge is 0.354 e. The lowest BCUT2D eigenvalue weighted by molar-refractivity contribution is -0.122. The van der Waals surface area contributed by atoms with Crippen LogP contribution in [0, 0.1) is 6.92 Å². The fourth-order valence-corrected chi connectivity index (χ4v) is 2.87. The van der Waals surface area contributed by atoms with Crippen molar-refractivity contribution in [2.45, 2.75) is 25.8 Å². The molecular weight excluding hydrogens is 260 g/mol. The Morgan fingerprint density at radius 3 is 2.94 bits per heavy atom. The number of thiophene rings is 1. The molecule has 2 amide bonds. The minimum Gasteiger partial charge on any atom is -0.354 e. The summed E-state index contributed by atoms with van der Waals surface area (Å²) in [6.07, 6.45) is 1.14. The van der Waals surface area contributed by atoms with Gasteiger partial charge in [-0.15, -0.1) is 11.3 Å². The van der Waals surface area contributed by atoms with Crippen LogP contribution >= 0.6 is 22.9 Å². The van der Waals surface area contributed by atoms with Crippen molar-refractivity contribution < 1.29 is 9.59 Å². The summed E-state index contributed by atoms with van der Waals surface area (Å²) in [5.41, 5.74) is 0.916. The van der Waals surface area contributed by atoms with Crippen molar-refractivity contribution in [3.63, 3.8) is 0 Å². The Hall–Kier alpha value is -1.07. The lowest BCUT2D eigenvalue weighted by Crippen LogP contribution is -2.47. The Kier molecular flexibility index (Phi) is 3.69. The van der Waals surface area contributed by atoms with Crippen molar-refractivity contribution in [1.82, 2.24) is 10.6 Å². The highest BCUT2D eigenvalue weighted by molar-refractivity contribution is 7.13. The van der Waals surface area contributed by atoms with Crippen LogP contribution in [0.3, 0.4) is 0 Å². The second-order valence-electron chi connectivity index (χ2n) is 4.07. The number of halogens is 1. The standard InChI is InChI=1S/C11H13ClN2O2S/c1-6-5-17-10(9(6)12)11(16)14-7-2-3-8(15)13-4-7/h5,7H,2-4H2,1H3,(H,13,15)(H,14,16). The average molecular weight is 273 g/mol. The molecule has 17 heavy (non-hydrogen) atoms. The van der Waals surface area contributed by atoms with Crippen molar-refractivity contribution in [1.29, 1.82) is 0 Å². The Bertz CT molecular complexity index is 448. The minimum absolute atomic E-state index is 0.00123. The van der Waals surface area contributed by atoms with Crippen molar-refractivity contribution in [3.05, 3.63) is 20.8 Å².